The smallest absolute Gasteiger partial charge is 0.308 e. The zero-order chi connectivity index (χ0) is 14.9. The summed E-state index contributed by atoms with van der Waals surface area (Å²) in [7, 11) is 0. The SMILES string of the molecule is CCOC(=O)CC(C#Cc1ccccc1)N1CCCCC1. The molecule has 1 aliphatic heterocycles. The van der Waals surface area contributed by atoms with Crippen LogP contribution in [0.15, 0.2) is 30.3 Å². The summed E-state index contributed by atoms with van der Waals surface area (Å²) in [5, 5.41) is 0. The number of hydrogen-bond acceptors (Lipinski definition) is 3. The predicted octanol–water partition coefficient (Wildman–Crippen LogP) is 2.85. The highest BCUT2D eigenvalue weighted by Gasteiger charge is 2.22. The van der Waals surface area contributed by atoms with Crippen LogP contribution >= 0.6 is 0 Å². The molecule has 1 atom stereocenters. The van der Waals surface area contributed by atoms with Crippen molar-refractivity contribution in [1.82, 2.24) is 4.90 Å². The van der Waals surface area contributed by atoms with Crippen LogP contribution in [0.1, 0.15) is 38.2 Å². The van der Waals surface area contributed by atoms with Crippen molar-refractivity contribution < 1.29 is 9.53 Å². The van der Waals surface area contributed by atoms with Crippen LogP contribution in [-0.4, -0.2) is 36.6 Å². The molecular formula is C18H23NO2. The molecule has 21 heavy (non-hydrogen) atoms. The number of rotatable bonds is 4. The highest BCUT2D eigenvalue weighted by molar-refractivity contribution is 5.70. The van der Waals surface area contributed by atoms with Crippen LogP contribution in [0.25, 0.3) is 0 Å². The van der Waals surface area contributed by atoms with Gasteiger partial charge in [0.15, 0.2) is 0 Å². The van der Waals surface area contributed by atoms with E-state index in [2.05, 4.69) is 16.7 Å². The van der Waals surface area contributed by atoms with Gasteiger partial charge in [-0.2, -0.15) is 0 Å². The van der Waals surface area contributed by atoms with Crippen LogP contribution in [0.3, 0.4) is 0 Å². The fraction of sp³-hybridized carbons (Fsp3) is 0.500. The quantitative estimate of drug-likeness (QED) is 0.629. The molecule has 2 rings (SSSR count). The highest BCUT2D eigenvalue weighted by atomic mass is 16.5. The van der Waals surface area contributed by atoms with Gasteiger partial charge in [-0.1, -0.05) is 36.5 Å². The normalized spacial score (nSPS) is 16.6. The van der Waals surface area contributed by atoms with E-state index in [9.17, 15) is 4.79 Å². The molecule has 1 aromatic carbocycles. The number of carbonyl (C=O) groups is 1. The Morgan fingerprint density at radius 3 is 2.62 bits per heavy atom. The number of likely N-dealkylation sites (tertiary alicyclic amines) is 1. The van der Waals surface area contributed by atoms with Gasteiger partial charge in [0, 0.05) is 5.56 Å². The Morgan fingerprint density at radius 2 is 1.95 bits per heavy atom. The van der Waals surface area contributed by atoms with Crippen molar-refractivity contribution in [2.75, 3.05) is 19.7 Å². The van der Waals surface area contributed by atoms with Crippen LogP contribution in [-0.2, 0) is 9.53 Å². The molecule has 0 bridgehead atoms. The van der Waals surface area contributed by atoms with Crippen LogP contribution < -0.4 is 0 Å². The monoisotopic (exact) mass is 285 g/mol. The molecule has 3 heteroatoms. The first-order valence-electron chi connectivity index (χ1n) is 7.76. The first kappa shape index (κ1) is 15.6. The molecular weight excluding hydrogens is 262 g/mol. The first-order valence-corrected chi connectivity index (χ1v) is 7.76. The van der Waals surface area contributed by atoms with Gasteiger partial charge in [-0.25, -0.2) is 0 Å². The lowest BCUT2D eigenvalue weighted by atomic mass is 10.1. The van der Waals surface area contributed by atoms with E-state index in [4.69, 9.17) is 4.74 Å². The maximum Gasteiger partial charge on any atom is 0.308 e. The summed E-state index contributed by atoms with van der Waals surface area (Å²) in [5.41, 5.74) is 0.989. The average Bonchev–Trinajstić information content (AvgIpc) is 2.53. The maximum atomic E-state index is 11.8. The molecule has 0 aromatic heterocycles. The Bertz CT molecular complexity index is 495. The van der Waals surface area contributed by atoms with E-state index < -0.39 is 0 Å². The second kappa shape index (κ2) is 8.49. The van der Waals surface area contributed by atoms with Crippen LogP contribution in [0.4, 0.5) is 0 Å². The second-order valence-corrected chi connectivity index (χ2v) is 5.26. The minimum atomic E-state index is -0.157. The van der Waals surface area contributed by atoms with Crippen molar-refractivity contribution in [2.24, 2.45) is 0 Å². The number of hydrogen-bond donors (Lipinski definition) is 0. The molecule has 0 aliphatic carbocycles. The lowest BCUT2D eigenvalue weighted by molar-refractivity contribution is -0.144. The molecule has 0 N–H and O–H groups in total. The molecule has 0 radical (unpaired) electrons. The Morgan fingerprint density at radius 1 is 1.24 bits per heavy atom. The number of ether oxygens (including phenoxy) is 1. The van der Waals surface area contributed by atoms with Gasteiger partial charge in [-0.3, -0.25) is 9.69 Å². The molecule has 1 fully saturated rings. The van der Waals surface area contributed by atoms with Crippen molar-refractivity contribution in [2.45, 2.75) is 38.6 Å². The minimum Gasteiger partial charge on any atom is -0.466 e. The summed E-state index contributed by atoms with van der Waals surface area (Å²) in [6.45, 7) is 4.31. The van der Waals surface area contributed by atoms with E-state index in [1.807, 2.05) is 37.3 Å². The molecule has 1 heterocycles. The van der Waals surface area contributed by atoms with E-state index in [0.717, 1.165) is 18.7 Å². The zero-order valence-electron chi connectivity index (χ0n) is 12.7. The topological polar surface area (TPSA) is 29.5 Å². The van der Waals surface area contributed by atoms with Gasteiger partial charge in [-0.15, -0.1) is 0 Å². The van der Waals surface area contributed by atoms with E-state index in [1.54, 1.807) is 0 Å². The van der Waals surface area contributed by atoms with Crippen LogP contribution in [0.5, 0.6) is 0 Å². The fourth-order valence-electron chi connectivity index (χ4n) is 2.57. The molecule has 1 unspecified atom stereocenters. The summed E-state index contributed by atoms with van der Waals surface area (Å²) < 4.78 is 5.08. The Hall–Kier alpha value is -1.79. The fourth-order valence-corrected chi connectivity index (χ4v) is 2.57. The molecule has 1 aromatic rings. The van der Waals surface area contributed by atoms with Gasteiger partial charge in [0.2, 0.25) is 0 Å². The van der Waals surface area contributed by atoms with Crippen LogP contribution in [0.2, 0.25) is 0 Å². The van der Waals surface area contributed by atoms with Gasteiger partial charge in [0.05, 0.1) is 19.1 Å². The minimum absolute atomic E-state index is 0.0374. The van der Waals surface area contributed by atoms with Gasteiger partial charge in [0.25, 0.3) is 0 Å². The van der Waals surface area contributed by atoms with Crippen molar-refractivity contribution >= 4 is 5.97 Å². The summed E-state index contributed by atoms with van der Waals surface area (Å²) in [6.07, 6.45) is 4.00. The van der Waals surface area contributed by atoms with Crippen LogP contribution in [0, 0.1) is 11.8 Å². The third-order valence-electron chi connectivity index (χ3n) is 3.65. The average molecular weight is 285 g/mol. The number of piperidine rings is 1. The number of carbonyl (C=O) groups excluding carboxylic acids is 1. The van der Waals surface area contributed by atoms with Crippen molar-refractivity contribution in [3.8, 4) is 11.8 Å². The van der Waals surface area contributed by atoms with Crippen molar-refractivity contribution in [3.63, 3.8) is 0 Å². The lowest BCUT2D eigenvalue weighted by Crippen LogP contribution is -2.40. The number of benzene rings is 1. The molecule has 0 spiro atoms. The van der Waals surface area contributed by atoms with Gasteiger partial charge < -0.3 is 4.74 Å². The largest absolute Gasteiger partial charge is 0.466 e. The predicted molar refractivity (Wildman–Crippen MR) is 83.8 cm³/mol. The third kappa shape index (κ3) is 5.24. The first-order chi connectivity index (χ1) is 10.3. The standard InChI is InChI=1S/C18H23NO2/c1-2-21-18(20)15-17(19-13-7-4-8-14-19)12-11-16-9-5-3-6-10-16/h3,5-6,9-10,17H,2,4,7-8,13-15H2,1H3. The molecule has 3 nitrogen and oxygen atoms in total. The summed E-state index contributed by atoms with van der Waals surface area (Å²) in [6, 6.07) is 9.88. The zero-order valence-corrected chi connectivity index (χ0v) is 12.7. The second-order valence-electron chi connectivity index (χ2n) is 5.26. The highest BCUT2D eigenvalue weighted by Crippen LogP contribution is 2.14. The Labute approximate surface area is 127 Å². The molecule has 0 amide bonds. The Balaban J connectivity index is 2.07. The third-order valence-corrected chi connectivity index (χ3v) is 3.65. The van der Waals surface area contributed by atoms with E-state index >= 15 is 0 Å². The summed E-state index contributed by atoms with van der Waals surface area (Å²) in [4.78, 5) is 14.1. The van der Waals surface area contributed by atoms with E-state index in [-0.39, 0.29) is 12.0 Å². The molecule has 112 valence electrons. The lowest BCUT2D eigenvalue weighted by Gasteiger charge is -2.31. The van der Waals surface area contributed by atoms with Crippen molar-refractivity contribution in [3.05, 3.63) is 35.9 Å². The summed E-state index contributed by atoms with van der Waals surface area (Å²) >= 11 is 0. The molecule has 1 aliphatic rings. The van der Waals surface area contributed by atoms with Gasteiger partial charge in [0.1, 0.15) is 0 Å². The van der Waals surface area contributed by atoms with E-state index in [1.165, 1.54) is 19.3 Å². The number of esters is 1. The van der Waals surface area contributed by atoms with Gasteiger partial charge >= 0.3 is 5.97 Å². The number of nitrogens with zero attached hydrogens (tertiary/aromatic N) is 1. The molecule has 0 saturated carbocycles. The van der Waals surface area contributed by atoms with E-state index in [0.29, 0.717) is 13.0 Å². The Kier molecular flexibility index (Phi) is 6.30. The molecule has 1 saturated heterocycles. The van der Waals surface area contributed by atoms with Crippen molar-refractivity contribution in [1.29, 1.82) is 0 Å². The van der Waals surface area contributed by atoms with Gasteiger partial charge in [-0.05, 0) is 45.0 Å². The maximum absolute atomic E-state index is 11.8. The summed E-state index contributed by atoms with van der Waals surface area (Å²) in [5.74, 6) is 6.30.